The molecule has 0 saturated heterocycles. The highest BCUT2D eigenvalue weighted by Gasteiger charge is 2.56. The third kappa shape index (κ3) is 10.6. The second-order valence-electron chi connectivity index (χ2n) is 36.6. The maximum absolute atomic E-state index is 6.38. The molecular formula is C114H86B3N3OS. The van der Waals surface area contributed by atoms with Crippen molar-refractivity contribution < 1.29 is 4.42 Å². The largest absolute Gasteiger partial charge is 0.455 e. The molecule has 122 heavy (non-hydrogen) atoms. The molecule has 26 rings (SSSR count). The summed E-state index contributed by atoms with van der Waals surface area (Å²) in [6.07, 6.45) is 0. The number of hydrogen-bond acceptors (Lipinski definition) is 5. The first-order valence-electron chi connectivity index (χ1n) is 43.2. The number of furan rings is 1. The Kier molecular flexibility index (Phi) is 16.0. The number of fused-ring (bicyclic) bond motifs is 33. The van der Waals surface area contributed by atoms with Gasteiger partial charge in [0.05, 0.1) is 0 Å². The molecule has 578 valence electrons. The van der Waals surface area contributed by atoms with Crippen molar-refractivity contribution in [1.29, 1.82) is 0 Å². The Morgan fingerprint density at radius 2 is 0.574 bits per heavy atom. The third-order valence-corrected chi connectivity index (χ3v) is 29.8. The standard InChI is InChI=1S/C39H28BNO.C39H28BNS.C36H30BN/c2*1-39(2)33-24-26(21-22-36(33)41-35-19-7-4-14-30(35)29-13-3-6-18-34(29)40(39)41)25-11-9-12-27(23-25)28-16-10-17-32-31-15-5-8-20-37(31)42-38(28)32;1-35(2)29-14-8-5-11-25(29)26-19-17-23(21-30(26)35)24-18-20-34-31(22-24)36(3,4)37-32-15-9-6-12-27(32)28-13-7-10-16-33(28)38(34)37/h2*3-24H,1-2H3;5-22H,1-4H3. The van der Waals surface area contributed by atoms with E-state index in [9.17, 15) is 0 Å². The normalized spacial score (nSPS) is 15.2. The fourth-order valence-electron chi connectivity index (χ4n) is 22.8. The van der Waals surface area contributed by atoms with Gasteiger partial charge in [-0.3, -0.25) is 0 Å². The first kappa shape index (κ1) is 72.4. The summed E-state index contributed by atoms with van der Waals surface area (Å²) >= 11 is 1.90. The number of rotatable bonds is 5. The molecule has 1 aliphatic carbocycles. The fraction of sp³-hybridized carbons (Fsp3) is 0.105. The predicted octanol–water partition coefficient (Wildman–Crippen LogP) is 28.5. The number of hydrogen-bond donors (Lipinski definition) is 0. The molecule has 17 aromatic carbocycles. The van der Waals surface area contributed by atoms with Crippen LogP contribution in [0.3, 0.4) is 0 Å². The van der Waals surface area contributed by atoms with Gasteiger partial charge in [0.15, 0.2) is 0 Å². The van der Waals surface area contributed by atoms with Crippen molar-refractivity contribution in [1.82, 2.24) is 0 Å². The topological polar surface area (TPSA) is 22.9 Å². The highest BCUT2D eigenvalue weighted by atomic mass is 32.1. The molecule has 4 nitrogen and oxygen atoms in total. The molecule has 0 saturated carbocycles. The lowest BCUT2D eigenvalue weighted by atomic mass is 9.37. The number of nitrogens with zero attached hydrogens (tertiary/aromatic N) is 3. The van der Waals surface area contributed by atoms with E-state index in [-0.39, 0.29) is 41.9 Å². The van der Waals surface area contributed by atoms with Crippen LogP contribution in [0.2, 0.25) is 0 Å². The van der Waals surface area contributed by atoms with Crippen molar-refractivity contribution in [3.05, 3.63) is 404 Å². The number of benzene rings is 17. The zero-order valence-electron chi connectivity index (χ0n) is 69.7. The van der Waals surface area contributed by atoms with Crippen LogP contribution in [0.4, 0.5) is 34.1 Å². The smallest absolute Gasteiger partial charge is 0.304 e. The van der Waals surface area contributed by atoms with Crippen molar-refractivity contribution in [2.45, 2.75) is 76.7 Å². The van der Waals surface area contributed by atoms with E-state index < -0.39 is 0 Å². The van der Waals surface area contributed by atoms with Gasteiger partial charge < -0.3 is 18.8 Å². The average molecular weight is 1580 g/mol. The summed E-state index contributed by atoms with van der Waals surface area (Å²) < 4.78 is 9.08. The minimum atomic E-state index is -0.0769. The molecule has 0 amide bonds. The van der Waals surface area contributed by atoms with Crippen LogP contribution >= 0.6 is 11.3 Å². The van der Waals surface area contributed by atoms with E-state index in [0.29, 0.717) is 0 Å². The molecule has 7 aliphatic rings. The summed E-state index contributed by atoms with van der Waals surface area (Å²) in [5.74, 6) is 0. The van der Waals surface area contributed by atoms with Crippen LogP contribution in [0, 0.1) is 0 Å². The van der Waals surface area contributed by atoms with Crippen molar-refractivity contribution in [2.75, 3.05) is 14.4 Å². The van der Waals surface area contributed by atoms with E-state index in [0.717, 1.165) is 33.1 Å². The van der Waals surface area contributed by atoms with E-state index in [1.807, 2.05) is 23.5 Å². The monoisotopic (exact) mass is 1580 g/mol. The Balaban J connectivity index is 0.000000104. The molecule has 0 radical (unpaired) electrons. The minimum Gasteiger partial charge on any atom is -0.455 e. The van der Waals surface area contributed by atoms with E-state index in [4.69, 9.17) is 4.42 Å². The molecule has 8 heteroatoms. The van der Waals surface area contributed by atoms with Crippen molar-refractivity contribution >= 4 is 125 Å². The van der Waals surface area contributed by atoms with Crippen molar-refractivity contribution in [3.63, 3.8) is 0 Å². The van der Waals surface area contributed by atoms with Crippen LogP contribution in [0.15, 0.2) is 381 Å². The van der Waals surface area contributed by atoms with Gasteiger partial charge in [-0.15, -0.1) is 11.3 Å². The lowest BCUT2D eigenvalue weighted by Gasteiger charge is -2.38. The van der Waals surface area contributed by atoms with E-state index in [2.05, 4.69) is 434 Å². The average Bonchev–Trinajstić information content (AvgIpc) is 1.54. The van der Waals surface area contributed by atoms with Crippen molar-refractivity contribution in [2.24, 2.45) is 0 Å². The van der Waals surface area contributed by atoms with Gasteiger partial charge >= 0.3 is 20.5 Å². The van der Waals surface area contributed by atoms with E-state index in [1.165, 1.54) is 188 Å². The number of thiophene rings is 1. The Morgan fingerprint density at radius 1 is 0.230 bits per heavy atom. The fourth-order valence-corrected chi connectivity index (χ4v) is 24.0. The molecule has 0 spiro atoms. The summed E-state index contributed by atoms with van der Waals surface area (Å²) in [6, 6.07) is 139. The highest BCUT2D eigenvalue weighted by molar-refractivity contribution is 7.26. The maximum Gasteiger partial charge on any atom is 0.304 e. The summed E-state index contributed by atoms with van der Waals surface area (Å²) in [6.45, 7) is 20.0. The van der Waals surface area contributed by atoms with Gasteiger partial charge in [-0.2, -0.15) is 0 Å². The lowest BCUT2D eigenvalue weighted by Crippen LogP contribution is -2.55. The molecule has 0 fully saturated rings. The highest BCUT2D eigenvalue weighted by Crippen LogP contribution is 2.58. The molecule has 0 atom stereocenters. The molecule has 19 aromatic rings. The third-order valence-electron chi connectivity index (χ3n) is 28.5. The Labute approximate surface area is 719 Å². The van der Waals surface area contributed by atoms with Crippen LogP contribution < -0.4 is 30.8 Å². The first-order chi connectivity index (χ1) is 59.6. The lowest BCUT2D eigenvalue weighted by molar-refractivity contribution is 0.660. The van der Waals surface area contributed by atoms with E-state index >= 15 is 0 Å². The molecule has 0 bridgehead atoms. The zero-order chi connectivity index (χ0) is 81.8. The quantitative estimate of drug-likeness (QED) is 0.160. The van der Waals surface area contributed by atoms with Crippen molar-refractivity contribution in [3.8, 4) is 100 Å². The number of anilines is 6. The minimum absolute atomic E-state index is 0.00595. The van der Waals surface area contributed by atoms with Gasteiger partial charge in [0.2, 0.25) is 0 Å². The zero-order valence-corrected chi connectivity index (χ0v) is 70.5. The van der Waals surface area contributed by atoms with Crippen LogP contribution in [-0.4, -0.2) is 20.5 Å². The summed E-state index contributed by atoms with van der Waals surface area (Å²) in [5, 5.41) is 4.82. The SMILES string of the molecule is CC1(C)B2c3ccccc3-c3ccccc3N2c2ccc(-c3ccc4c(c3)C(C)(C)c3ccccc3-4)cc21.CC1(C)B2c3ccccc3-c3ccccc3N2c2ccc(-c3cccc(-c4cccc5c4oc4ccccc45)c3)cc21.CC1(C)B2c3ccccc3-c3ccccc3N2c2ccc(-c3cccc(-c4cccc5c4sc4ccccc45)c3)cc21. The van der Waals surface area contributed by atoms with Crippen LogP contribution in [0.25, 0.3) is 142 Å². The second-order valence-corrected chi connectivity index (χ2v) is 37.7. The molecule has 0 N–H and O–H groups in total. The van der Waals surface area contributed by atoms with Gasteiger partial charge in [-0.25, -0.2) is 0 Å². The molecular weight excluding hydrogens is 1490 g/mol. The molecule has 6 aliphatic heterocycles. The summed E-state index contributed by atoms with van der Waals surface area (Å²) in [4.78, 5) is 7.77. The first-order valence-corrected chi connectivity index (χ1v) is 44.0. The molecule has 0 unspecified atom stereocenters. The Hall–Kier alpha value is -13.6. The second kappa shape index (κ2) is 26.9. The van der Waals surface area contributed by atoms with Gasteiger partial charge in [0, 0.05) is 92.7 Å². The molecule has 2 aromatic heterocycles. The number of para-hydroxylation sites is 5. The maximum atomic E-state index is 6.38. The van der Waals surface area contributed by atoms with Crippen LogP contribution in [-0.2, 0) is 21.4 Å². The molecule has 8 heterocycles. The van der Waals surface area contributed by atoms with Gasteiger partial charge in [-0.1, -0.05) is 347 Å². The summed E-state index contributed by atoms with van der Waals surface area (Å²) in [7, 11) is 0. The Morgan fingerprint density at radius 3 is 1.08 bits per heavy atom. The Bertz CT molecular complexity index is 7310. The van der Waals surface area contributed by atoms with Gasteiger partial charge in [-0.05, 0) is 223 Å². The summed E-state index contributed by atoms with van der Waals surface area (Å²) in [5.41, 5.74) is 44.3. The predicted molar refractivity (Wildman–Crippen MR) is 522 cm³/mol. The van der Waals surface area contributed by atoms with Gasteiger partial charge in [0.1, 0.15) is 11.2 Å². The van der Waals surface area contributed by atoms with Crippen LogP contribution in [0.1, 0.15) is 83.2 Å². The van der Waals surface area contributed by atoms with Crippen LogP contribution in [0.5, 0.6) is 0 Å². The van der Waals surface area contributed by atoms with E-state index in [1.54, 1.807) is 0 Å². The van der Waals surface area contributed by atoms with Gasteiger partial charge in [0.25, 0.3) is 0 Å².